The van der Waals surface area contributed by atoms with Crippen LogP contribution in [0.5, 0.6) is 0 Å². The van der Waals surface area contributed by atoms with Gasteiger partial charge in [0.1, 0.15) is 18.1 Å². The molecular formula is C20H40N8O5. The Morgan fingerprint density at radius 3 is 2.03 bits per heavy atom. The zero-order valence-electron chi connectivity index (χ0n) is 19.5. The van der Waals surface area contributed by atoms with E-state index in [9.17, 15) is 24.3 Å². The topological polar surface area (TPSA) is 241 Å². The summed E-state index contributed by atoms with van der Waals surface area (Å²) in [6.45, 7) is 3.99. The summed E-state index contributed by atoms with van der Waals surface area (Å²) < 4.78 is 0. The highest BCUT2D eigenvalue weighted by atomic mass is 16.4. The van der Waals surface area contributed by atoms with E-state index in [1.54, 1.807) is 6.92 Å². The Balaban J connectivity index is 5.48. The van der Waals surface area contributed by atoms with Crippen molar-refractivity contribution in [3.63, 3.8) is 0 Å². The summed E-state index contributed by atoms with van der Waals surface area (Å²) in [6.07, 6.45) is 2.44. The van der Waals surface area contributed by atoms with Crippen molar-refractivity contribution in [2.24, 2.45) is 33.8 Å². The van der Waals surface area contributed by atoms with Crippen LogP contribution < -0.4 is 38.9 Å². The highest BCUT2D eigenvalue weighted by Gasteiger charge is 2.31. The molecule has 0 rings (SSSR count). The lowest BCUT2D eigenvalue weighted by Crippen LogP contribution is -2.57. The van der Waals surface area contributed by atoms with Gasteiger partial charge in [0.2, 0.25) is 17.7 Å². The lowest BCUT2D eigenvalue weighted by atomic mass is 9.97. The Bertz CT molecular complexity index is 669. The van der Waals surface area contributed by atoms with Crippen LogP contribution in [0.4, 0.5) is 0 Å². The normalized spacial score (nSPS) is 14.3. The van der Waals surface area contributed by atoms with Crippen molar-refractivity contribution in [2.75, 3.05) is 19.6 Å². The van der Waals surface area contributed by atoms with Crippen LogP contribution in [0.25, 0.3) is 0 Å². The van der Waals surface area contributed by atoms with Gasteiger partial charge in [-0.15, -0.1) is 0 Å². The van der Waals surface area contributed by atoms with Gasteiger partial charge in [0.25, 0.3) is 0 Å². The van der Waals surface area contributed by atoms with E-state index in [0.29, 0.717) is 32.2 Å². The molecule has 0 aromatic rings. The van der Waals surface area contributed by atoms with Gasteiger partial charge in [-0.05, 0) is 44.6 Å². The molecule has 0 saturated heterocycles. The molecule has 12 N–H and O–H groups in total. The minimum Gasteiger partial charge on any atom is -0.480 e. The van der Waals surface area contributed by atoms with Crippen molar-refractivity contribution in [1.82, 2.24) is 16.0 Å². The average molecular weight is 473 g/mol. The van der Waals surface area contributed by atoms with Crippen molar-refractivity contribution in [3.05, 3.63) is 0 Å². The van der Waals surface area contributed by atoms with Crippen molar-refractivity contribution < 1.29 is 24.3 Å². The Kier molecular flexibility index (Phi) is 15.2. The second-order valence-electron chi connectivity index (χ2n) is 7.83. The molecule has 190 valence electrons. The quantitative estimate of drug-likeness (QED) is 0.0644. The van der Waals surface area contributed by atoms with Crippen molar-refractivity contribution in [2.45, 2.75) is 70.5 Å². The van der Waals surface area contributed by atoms with E-state index in [0.717, 1.165) is 0 Å². The van der Waals surface area contributed by atoms with Gasteiger partial charge >= 0.3 is 5.97 Å². The van der Waals surface area contributed by atoms with Crippen LogP contribution in [0.1, 0.15) is 52.4 Å². The Morgan fingerprint density at radius 1 is 0.909 bits per heavy atom. The SMILES string of the molecule is CCC(C)C(NC(=O)CN)C(=O)NC(CCCN=C(N)N)C(=O)NC(CCCCN)C(=O)O. The molecule has 0 aromatic carbocycles. The largest absolute Gasteiger partial charge is 0.480 e. The highest BCUT2D eigenvalue weighted by molar-refractivity contribution is 5.93. The predicted octanol–water partition coefficient (Wildman–Crippen LogP) is -2.29. The van der Waals surface area contributed by atoms with Crippen molar-refractivity contribution in [1.29, 1.82) is 0 Å². The first-order chi connectivity index (χ1) is 15.6. The molecule has 13 heteroatoms. The standard InChI is InChI=1S/C20H40N8O5/c1-3-12(2)16(28-15(29)11-22)18(31)26-13(8-6-10-25-20(23)24)17(30)27-14(19(32)33)7-4-5-9-21/h12-14,16H,3-11,21-22H2,1-2H3,(H,26,31)(H,27,30)(H,28,29)(H,32,33)(H4,23,24,25). The van der Waals surface area contributed by atoms with Gasteiger partial charge < -0.3 is 44.0 Å². The average Bonchev–Trinajstić information content (AvgIpc) is 2.77. The number of nitrogens with zero attached hydrogens (tertiary/aromatic N) is 1. The van der Waals surface area contributed by atoms with Crippen LogP contribution in [0.2, 0.25) is 0 Å². The number of unbranched alkanes of at least 4 members (excludes halogenated alkanes) is 1. The fraction of sp³-hybridized carbons (Fsp3) is 0.750. The van der Waals surface area contributed by atoms with E-state index in [-0.39, 0.29) is 37.8 Å². The molecule has 0 spiro atoms. The number of carbonyl (C=O) groups excluding carboxylic acids is 3. The van der Waals surface area contributed by atoms with Crippen LogP contribution in [0, 0.1) is 5.92 Å². The molecule has 0 aliphatic carbocycles. The third-order valence-corrected chi connectivity index (χ3v) is 5.14. The maximum atomic E-state index is 12.9. The van der Waals surface area contributed by atoms with Crippen LogP contribution in [0.15, 0.2) is 4.99 Å². The number of nitrogens with two attached hydrogens (primary N) is 4. The predicted molar refractivity (Wildman–Crippen MR) is 125 cm³/mol. The number of carboxylic acids is 1. The van der Waals surface area contributed by atoms with E-state index >= 15 is 0 Å². The molecule has 0 saturated carbocycles. The summed E-state index contributed by atoms with van der Waals surface area (Å²) in [4.78, 5) is 53.0. The summed E-state index contributed by atoms with van der Waals surface area (Å²) in [5, 5.41) is 17.1. The summed E-state index contributed by atoms with van der Waals surface area (Å²) in [5.41, 5.74) is 21.4. The summed E-state index contributed by atoms with van der Waals surface area (Å²) in [7, 11) is 0. The van der Waals surface area contributed by atoms with Crippen LogP contribution in [-0.2, 0) is 19.2 Å². The third-order valence-electron chi connectivity index (χ3n) is 5.14. The molecule has 0 aromatic heterocycles. The first-order valence-corrected chi connectivity index (χ1v) is 11.2. The minimum atomic E-state index is -1.18. The number of amides is 3. The monoisotopic (exact) mass is 472 g/mol. The fourth-order valence-corrected chi connectivity index (χ4v) is 2.99. The summed E-state index contributed by atoms with van der Waals surface area (Å²) in [5.74, 6) is -3.24. The van der Waals surface area contributed by atoms with Gasteiger partial charge in [-0.2, -0.15) is 0 Å². The number of carbonyl (C=O) groups is 4. The number of guanidine groups is 1. The summed E-state index contributed by atoms with van der Waals surface area (Å²) in [6, 6.07) is -3.08. The molecule has 0 heterocycles. The molecule has 0 fully saturated rings. The molecular weight excluding hydrogens is 432 g/mol. The van der Waals surface area contributed by atoms with Gasteiger partial charge in [0.15, 0.2) is 5.96 Å². The maximum Gasteiger partial charge on any atom is 0.326 e. The van der Waals surface area contributed by atoms with E-state index < -0.39 is 41.8 Å². The minimum absolute atomic E-state index is 0.104. The van der Waals surface area contributed by atoms with Gasteiger partial charge in [-0.1, -0.05) is 20.3 Å². The first-order valence-electron chi connectivity index (χ1n) is 11.2. The molecule has 33 heavy (non-hydrogen) atoms. The van der Waals surface area contributed by atoms with Gasteiger partial charge in [-0.25, -0.2) is 4.79 Å². The Labute approximate surface area is 194 Å². The number of nitrogens with one attached hydrogen (secondary N) is 3. The van der Waals surface area contributed by atoms with Crippen LogP contribution in [0.3, 0.4) is 0 Å². The number of aliphatic imine (C=N–C) groups is 1. The second-order valence-corrected chi connectivity index (χ2v) is 7.83. The molecule has 13 nitrogen and oxygen atoms in total. The van der Waals surface area contributed by atoms with E-state index in [2.05, 4.69) is 20.9 Å². The number of aliphatic carboxylic acids is 1. The maximum absolute atomic E-state index is 12.9. The molecule has 4 unspecified atom stereocenters. The molecule has 0 aliphatic rings. The van der Waals surface area contributed by atoms with Crippen molar-refractivity contribution in [3.8, 4) is 0 Å². The third kappa shape index (κ3) is 12.6. The smallest absolute Gasteiger partial charge is 0.326 e. The molecule has 3 amide bonds. The Morgan fingerprint density at radius 2 is 1.52 bits per heavy atom. The molecule has 0 bridgehead atoms. The van der Waals surface area contributed by atoms with Crippen molar-refractivity contribution >= 4 is 29.7 Å². The fourth-order valence-electron chi connectivity index (χ4n) is 2.99. The molecule has 4 atom stereocenters. The number of carboxylic acid groups (broad SMARTS) is 1. The van der Waals surface area contributed by atoms with Gasteiger partial charge in [-0.3, -0.25) is 19.4 Å². The highest BCUT2D eigenvalue weighted by Crippen LogP contribution is 2.10. The number of hydrogen-bond donors (Lipinski definition) is 8. The zero-order chi connectivity index (χ0) is 25.4. The summed E-state index contributed by atoms with van der Waals surface area (Å²) >= 11 is 0. The first kappa shape index (κ1) is 30.1. The van der Waals surface area contributed by atoms with E-state index in [1.165, 1.54) is 0 Å². The Hall–Kier alpha value is -2.93. The zero-order valence-corrected chi connectivity index (χ0v) is 19.5. The van der Waals surface area contributed by atoms with E-state index in [1.807, 2.05) is 6.92 Å². The van der Waals surface area contributed by atoms with Crippen LogP contribution >= 0.6 is 0 Å². The lowest BCUT2D eigenvalue weighted by molar-refractivity contribution is -0.142. The van der Waals surface area contributed by atoms with Gasteiger partial charge in [0.05, 0.1) is 6.54 Å². The molecule has 0 radical (unpaired) electrons. The molecule has 0 aliphatic heterocycles. The lowest BCUT2D eigenvalue weighted by Gasteiger charge is -2.27. The van der Waals surface area contributed by atoms with Crippen LogP contribution in [-0.4, -0.2) is 72.5 Å². The number of hydrogen-bond acceptors (Lipinski definition) is 7. The second kappa shape index (κ2) is 16.7. The van der Waals surface area contributed by atoms with Gasteiger partial charge in [0, 0.05) is 6.54 Å². The number of rotatable bonds is 17. The van der Waals surface area contributed by atoms with E-state index in [4.69, 9.17) is 22.9 Å².